The first-order valence-corrected chi connectivity index (χ1v) is 13.8. The Morgan fingerprint density at radius 2 is 1.70 bits per heavy atom. The number of fused-ring (bicyclic) bond motifs is 1. The maximum Gasteiger partial charge on any atom is 0.338 e. The van der Waals surface area contributed by atoms with Gasteiger partial charge >= 0.3 is 11.9 Å². The van der Waals surface area contributed by atoms with Gasteiger partial charge in [0.25, 0.3) is 0 Å². The van der Waals surface area contributed by atoms with Gasteiger partial charge in [-0.2, -0.15) is 0 Å². The molecule has 2 saturated heterocycles. The van der Waals surface area contributed by atoms with E-state index >= 15 is 0 Å². The third kappa shape index (κ3) is 3.56. The van der Waals surface area contributed by atoms with Crippen molar-refractivity contribution in [3.05, 3.63) is 58.8 Å². The molecule has 3 aliphatic heterocycles. The standard InChI is InChI=1S/C31H36N2O7/c1-18(40-27(34)19-15-23(36-2)25(38-4)24(16-19)37-3)30-11-8-13-33-14-12-31(29(30)33)21-9-6-7-10-22(21)32-26(31)20(17-30)28(35)39-5/h6-7,9-10,15-16,18,29,32H,8,11-14,17H2,1-5H3/t18?,29-,30-,31-/m0/s1. The summed E-state index contributed by atoms with van der Waals surface area (Å²) in [6.07, 6.45) is 2.64. The van der Waals surface area contributed by atoms with E-state index in [0.717, 1.165) is 43.7 Å². The van der Waals surface area contributed by atoms with Gasteiger partial charge in [0.2, 0.25) is 5.75 Å². The van der Waals surface area contributed by atoms with Crippen molar-refractivity contribution in [1.29, 1.82) is 0 Å². The first-order chi connectivity index (χ1) is 19.3. The van der Waals surface area contributed by atoms with E-state index in [4.69, 9.17) is 23.7 Å². The van der Waals surface area contributed by atoms with Gasteiger partial charge in [0.1, 0.15) is 6.10 Å². The van der Waals surface area contributed by atoms with E-state index in [0.29, 0.717) is 34.8 Å². The molecular weight excluding hydrogens is 512 g/mol. The van der Waals surface area contributed by atoms with Crippen LogP contribution in [0.5, 0.6) is 17.2 Å². The third-order valence-corrected chi connectivity index (χ3v) is 9.60. The van der Waals surface area contributed by atoms with E-state index in [1.807, 2.05) is 13.0 Å². The molecule has 3 heterocycles. The second-order valence-electron chi connectivity index (χ2n) is 11.2. The first kappa shape index (κ1) is 26.5. The molecule has 2 fully saturated rings. The zero-order valence-electron chi connectivity index (χ0n) is 23.7. The summed E-state index contributed by atoms with van der Waals surface area (Å²) in [6, 6.07) is 11.6. The number of hydrogen-bond acceptors (Lipinski definition) is 9. The van der Waals surface area contributed by atoms with Crippen molar-refractivity contribution >= 4 is 17.6 Å². The van der Waals surface area contributed by atoms with Gasteiger partial charge in [-0.3, -0.25) is 4.90 Å². The molecule has 4 aliphatic rings. The normalized spacial score (nSPS) is 27.1. The fraction of sp³-hybridized carbons (Fsp3) is 0.484. The predicted octanol–water partition coefficient (Wildman–Crippen LogP) is 4.31. The van der Waals surface area contributed by atoms with Gasteiger partial charge in [-0.1, -0.05) is 18.2 Å². The molecule has 1 N–H and O–H groups in total. The van der Waals surface area contributed by atoms with Gasteiger partial charge in [-0.15, -0.1) is 0 Å². The molecule has 1 aliphatic carbocycles. The molecule has 1 spiro atoms. The Hall–Kier alpha value is -3.72. The Kier molecular flexibility index (Phi) is 6.45. The van der Waals surface area contributed by atoms with Crippen molar-refractivity contribution in [3.63, 3.8) is 0 Å². The number of nitrogens with one attached hydrogen (secondary N) is 1. The molecule has 1 unspecified atom stereocenters. The zero-order chi connectivity index (χ0) is 28.2. The topological polar surface area (TPSA) is 95.6 Å². The maximum absolute atomic E-state index is 13.7. The summed E-state index contributed by atoms with van der Waals surface area (Å²) in [5, 5.41) is 3.62. The van der Waals surface area contributed by atoms with Crippen molar-refractivity contribution in [1.82, 2.24) is 4.90 Å². The number of esters is 2. The summed E-state index contributed by atoms with van der Waals surface area (Å²) >= 11 is 0. The maximum atomic E-state index is 13.7. The molecule has 0 radical (unpaired) electrons. The van der Waals surface area contributed by atoms with Gasteiger partial charge in [0.05, 0.1) is 45.0 Å². The highest BCUT2D eigenvalue weighted by molar-refractivity contribution is 5.94. The lowest BCUT2D eigenvalue weighted by molar-refractivity contribution is -0.138. The van der Waals surface area contributed by atoms with Gasteiger partial charge in [-0.05, 0) is 69.5 Å². The van der Waals surface area contributed by atoms with Crippen LogP contribution in [0, 0.1) is 5.41 Å². The number of para-hydroxylation sites is 1. The SMILES string of the molecule is COC(=O)C1=C2Nc3ccccc3[C@@]23CCN2CCC[C@@](C(C)OC(=O)c4cc(OC)c(OC)c(OC)c4)(C1)[C@H]23. The summed E-state index contributed by atoms with van der Waals surface area (Å²) in [4.78, 5) is 29.6. The smallest absolute Gasteiger partial charge is 0.338 e. The Balaban J connectivity index is 1.44. The van der Waals surface area contributed by atoms with E-state index in [2.05, 4.69) is 28.4 Å². The number of hydrogen-bond donors (Lipinski definition) is 1. The lowest BCUT2D eigenvalue weighted by Gasteiger charge is -2.57. The number of anilines is 1. The highest BCUT2D eigenvalue weighted by Crippen LogP contribution is 2.65. The molecule has 0 amide bonds. The van der Waals surface area contributed by atoms with Crippen LogP contribution >= 0.6 is 0 Å². The molecule has 212 valence electrons. The molecule has 9 nitrogen and oxygen atoms in total. The van der Waals surface area contributed by atoms with E-state index in [9.17, 15) is 9.59 Å². The predicted molar refractivity (Wildman–Crippen MR) is 148 cm³/mol. The molecule has 9 heteroatoms. The fourth-order valence-corrected chi connectivity index (χ4v) is 8.01. The number of methoxy groups -OCH3 is 4. The van der Waals surface area contributed by atoms with Crippen LogP contribution in [0.2, 0.25) is 0 Å². The fourth-order valence-electron chi connectivity index (χ4n) is 8.01. The summed E-state index contributed by atoms with van der Waals surface area (Å²) in [6.45, 7) is 3.86. The quantitative estimate of drug-likeness (QED) is 0.508. The lowest BCUT2D eigenvalue weighted by atomic mass is 9.53. The molecule has 6 rings (SSSR count). The zero-order valence-corrected chi connectivity index (χ0v) is 23.7. The third-order valence-electron chi connectivity index (χ3n) is 9.60. The van der Waals surface area contributed by atoms with Crippen LogP contribution in [0.3, 0.4) is 0 Å². The highest BCUT2D eigenvalue weighted by atomic mass is 16.5. The van der Waals surface area contributed by atoms with E-state index in [1.54, 1.807) is 12.1 Å². The van der Waals surface area contributed by atoms with Crippen molar-refractivity contribution in [2.75, 3.05) is 46.8 Å². The molecule has 0 bridgehead atoms. The highest BCUT2D eigenvalue weighted by Gasteiger charge is 2.68. The van der Waals surface area contributed by atoms with Crippen LogP contribution in [0.15, 0.2) is 47.7 Å². The second-order valence-corrected chi connectivity index (χ2v) is 11.2. The average Bonchev–Trinajstić information content (AvgIpc) is 3.55. The van der Waals surface area contributed by atoms with E-state index in [-0.39, 0.29) is 12.0 Å². The summed E-state index contributed by atoms with van der Waals surface area (Å²) < 4.78 is 28.0. The van der Waals surface area contributed by atoms with Crippen LogP contribution in [0.4, 0.5) is 5.69 Å². The molecule has 4 atom stereocenters. The number of piperidine rings is 1. The Bertz CT molecular complexity index is 1380. The molecule has 2 aromatic rings. The number of rotatable bonds is 7. The van der Waals surface area contributed by atoms with Gasteiger partial charge in [0, 0.05) is 22.8 Å². The minimum Gasteiger partial charge on any atom is -0.493 e. The van der Waals surface area contributed by atoms with Gasteiger partial charge in [0.15, 0.2) is 11.5 Å². The van der Waals surface area contributed by atoms with Crippen molar-refractivity contribution < 1.29 is 33.3 Å². The van der Waals surface area contributed by atoms with Crippen LogP contribution in [0.1, 0.15) is 48.5 Å². The number of benzene rings is 2. The van der Waals surface area contributed by atoms with Gasteiger partial charge < -0.3 is 29.0 Å². The largest absolute Gasteiger partial charge is 0.493 e. The molecule has 0 saturated carbocycles. The van der Waals surface area contributed by atoms with E-state index < -0.39 is 22.9 Å². The minimum absolute atomic E-state index is 0.0658. The van der Waals surface area contributed by atoms with Crippen LogP contribution < -0.4 is 19.5 Å². The average molecular weight is 549 g/mol. The minimum atomic E-state index is -0.490. The molecule has 40 heavy (non-hydrogen) atoms. The molecule has 2 aromatic carbocycles. The summed E-state index contributed by atoms with van der Waals surface area (Å²) in [7, 11) is 5.97. The molecular formula is C31H36N2O7. The monoisotopic (exact) mass is 548 g/mol. The van der Waals surface area contributed by atoms with Crippen molar-refractivity contribution in [2.24, 2.45) is 5.41 Å². The summed E-state index contributed by atoms with van der Waals surface area (Å²) in [5.41, 5.74) is 3.25. The van der Waals surface area contributed by atoms with Crippen LogP contribution in [-0.4, -0.2) is 70.5 Å². The first-order valence-electron chi connectivity index (χ1n) is 13.8. The molecule has 0 aromatic heterocycles. The number of ether oxygens (including phenoxy) is 5. The lowest BCUT2D eigenvalue weighted by Crippen LogP contribution is -2.64. The van der Waals surface area contributed by atoms with E-state index in [1.165, 1.54) is 34.0 Å². The number of nitrogens with zero attached hydrogens (tertiary/aromatic N) is 1. The second kappa shape index (κ2) is 9.73. The van der Waals surface area contributed by atoms with Crippen molar-refractivity contribution in [2.45, 2.75) is 50.2 Å². The van der Waals surface area contributed by atoms with Crippen LogP contribution in [0.25, 0.3) is 0 Å². The van der Waals surface area contributed by atoms with Crippen molar-refractivity contribution in [3.8, 4) is 17.2 Å². The number of carbonyl (C=O) groups is 2. The van der Waals surface area contributed by atoms with Gasteiger partial charge in [-0.25, -0.2) is 9.59 Å². The number of carbonyl (C=O) groups excluding carboxylic acids is 2. The Morgan fingerprint density at radius 3 is 2.38 bits per heavy atom. The van der Waals surface area contributed by atoms with Crippen LogP contribution in [-0.2, 0) is 19.7 Å². The Labute approximate surface area is 234 Å². The summed E-state index contributed by atoms with van der Waals surface area (Å²) in [5.74, 6) is 0.350. The Morgan fingerprint density at radius 1 is 0.975 bits per heavy atom.